The van der Waals surface area contributed by atoms with E-state index in [1.807, 2.05) is 0 Å². The van der Waals surface area contributed by atoms with Gasteiger partial charge in [-0.1, -0.05) is 20.3 Å². The molecule has 1 fully saturated rings. The van der Waals surface area contributed by atoms with Crippen LogP contribution in [0.3, 0.4) is 0 Å². The van der Waals surface area contributed by atoms with Gasteiger partial charge in [-0.15, -0.1) is 0 Å². The van der Waals surface area contributed by atoms with Crippen LogP contribution in [0.1, 0.15) is 47.0 Å². The van der Waals surface area contributed by atoms with Gasteiger partial charge in [0.1, 0.15) is 0 Å². The minimum Gasteiger partial charge on any atom is -0.330 e. The predicted octanol–water partition coefficient (Wildman–Crippen LogP) is 2.48. The fraction of sp³-hybridized carbons (Fsp3) is 1.00. The Morgan fingerprint density at radius 3 is 2.53 bits per heavy atom. The molecule has 15 heavy (non-hydrogen) atoms. The summed E-state index contributed by atoms with van der Waals surface area (Å²) in [5.41, 5.74) is 5.79. The van der Waals surface area contributed by atoms with E-state index in [4.69, 9.17) is 5.73 Å². The van der Waals surface area contributed by atoms with Crippen LogP contribution in [0.15, 0.2) is 0 Å². The number of rotatable bonds is 4. The first-order valence-electron chi connectivity index (χ1n) is 6.55. The molecule has 1 saturated heterocycles. The number of piperidine rings is 1. The molecule has 1 rings (SSSR count). The van der Waals surface area contributed by atoms with Crippen LogP contribution in [0.4, 0.5) is 0 Å². The molecule has 1 heterocycles. The van der Waals surface area contributed by atoms with E-state index in [1.54, 1.807) is 0 Å². The second-order valence-electron chi connectivity index (χ2n) is 5.35. The van der Waals surface area contributed by atoms with Crippen LogP contribution in [0.2, 0.25) is 0 Å². The smallest absolute Gasteiger partial charge is 0.00953 e. The van der Waals surface area contributed by atoms with E-state index in [9.17, 15) is 0 Å². The van der Waals surface area contributed by atoms with Crippen molar-refractivity contribution in [2.45, 2.75) is 59.0 Å². The van der Waals surface area contributed by atoms with Crippen LogP contribution in [-0.4, -0.2) is 30.1 Å². The van der Waals surface area contributed by atoms with Crippen molar-refractivity contribution < 1.29 is 0 Å². The van der Waals surface area contributed by atoms with E-state index in [2.05, 4.69) is 32.6 Å². The Morgan fingerprint density at radius 2 is 2.00 bits per heavy atom. The van der Waals surface area contributed by atoms with Gasteiger partial charge in [-0.25, -0.2) is 0 Å². The van der Waals surface area contributed by atoms with Gasteiger partial charge in [-0.2, -0.15) is 0 Å². The Hall–Kier alpha value is -0.0800. The van der Waals surface area contributed by atoms with Gasteiger partial charge >= 0.3 is 0 Å². The van der Waals surface area contributed by atoms with Crippen LogP contribution in [-0.2, 0) is 0 Å². The minimum atomic E-state index is 0.708. The molecule has 0 radical (unpaired) electrons. The summed E-state index contributed by atoms with van der Waals surface area (Å²) in [6.45, 7) is 11.5. The zero-order valence-electron chi connectivity index (χ0n) is 10.9. The summed E-state index contributed by atoms with van der Waals surface area (Å²) in [6.07, 6.45) is 3.92. The zero-order chi connectivity index (χ0) is 11.4. The van der Waals surface area contributed by atoms with Crippen molar-refractivity contribution in [2.24, 2.45) is 17.6 Å². The maximum Gasteiger partial charge on any atom is 0.00953 e. The van der Waals surface area contributed by atoms with Crippen LogP contribution in [0.5, 0.6) is 0 Å². The summed E-state index contributed by atoms with van der Waals surface area (Å²) in [5.74, 6) is 1.52. The van der Waals surface area contributed by atoms with Crippen molar-refractivity contribution in [2.75, 3.05) is 13.1 Å². The van der Waals surface area contributed by atoms with Gasteiger partial charge in [0, 0.05) is 18.6 Å². The van der Waals surface area contributed by atoms with Crippen molar-refractivity contribution in [3.8, 4) is 0 Å². The van der Waals surface area contributed by atoms with Crippen molar-refractivity contribution in [1.82, 2.24) is 4.90 Å². The van der Waals surface area contributed by atoms with E-state index >= 15 is 0 Å². The summed E-state index contributed by atoms with van der Waals surface area (Å²) in [7, 11) is 0. The van der Waals surface area contributed by atoms with Gasteiger partial charge in [0.2, 0.25) is 0 Å². The average Bonchev–Trinajstić information content (AvgIpc) is 2.27. The molecule has 4 unspecified atom stereocenters. The molecule has 1 aliphatic heterocycles. The average molecular weight is 212 g/mol. The third-order valence-corrected chi connectivity index (χ3v) is 4.35. The van der Waals surface area contributed by atoms with E-state index < -0.39 is 0 Å². The predicted molar refractivity (Wildman–Crippen MR) is 66.9 cm³/mol. The van der Waals surface area contributed by atoms with Gasteiger partial charge < -0.3 is 5.73 Å². The lowest BCUT2D eigenvalue weighted by molar-refractivity contribution is 0.0562. The third kappa shape index (κ3) is 3.18. The Morgan fingerprint density at radius 1 is 1.33 bits per heavy atom. The highest BCUT2D eigenvalue weighted by atomic mass is 15.2. The second kappa shape index (κ2) is 5.86. The number of nitrogens with two attached hydrogens (primary N) is 1. The number of hydrogen-bond donors (Lipinski definition) is 1. The first-order valence-corrected chi connectivity index (χ1v) is 6.55. The monoisotopic (exact) mass is 212 g/mol. The van der Waals surface area contributed by atoms with E-state index in [0.717, 1.165) is 24.4 Å². The minimum absolute atomic E-state index is 0.708. The van der Waals surface area contributed by atoms with Crippen molar-refractivity contribution in [3.05, 3.63) is 0 Å². The SMILES string of the molecule is CCC(C)C(C)N1CC(CN)CCC1C. The van der Waals surface area contributed by atoms with Gasteiger partial charge in [0.25, 0.3) is 0 Å². The lowest BCUT2D eigenvalue weighted by Crippen LogP contribution is -2.50. The quantitative estimate of drug-likeness (QED) is 0.776. The first kappa shape index (κ1) is 13.0. The van der Waals surface area contributed by atoms with Crippen molar-refractivity contribution in [3.63, 3.8) is 0 Å². The van der Waals surface area contributed by atoms with Gasteiger partial charge in [0.05, 0.1) is 0 Å². The van der Waals surface area contributed by atoms with Crippen LogP contribution >= 0.6 is 0 Å². The normalized spacial score (nSPS) is 32.6. The molecule has 1 aliphatic rings. The maximum atomic E-state index is 5.79. The van der Waals surface area contributed by atoms with Gasteiger partial charge in [0.15, 0.2) is 0 Å². The molecule has 0 saturated carbocycles. The number of hydrogen-bond acceptors (Lipinski definition) is 2. The van der Waals surface area contributed by atoms with Gasteiger partial charge in [-0.05, 0) is 45.1 Å². The van der Waals surface area contributed by atoms with Crippen LogP contribution in [0, 0.1) is 11.8 Å². The van der Waals surface area contributed by atoms with E-state index in [-0.39, 0.29) is 0 Å². The zero-order valence-corrected chi connectivity index (χ0v) is 10.9. The van der Waals surface area contributed by atoms with E-state index in [0.29, 0.717) is 6.04 Å². The molecule has 4 atom stereocenters. The topological polar surface area (TPSA) is 29.3 Å². The summed E-state index contributed by atoms with van der Waals surface area (Å²) in [6, 6.07) is 1.45. The lowest BCUT2D eigenvalue weighted by Gasteiger charge is -2.43. The molecule has 2 nitrogen and oxygen atoms in total. The maximum absolute atomic E-state index is 5.79. The highest BCUT2D eigenvalue weighted by Gasteiger charge is 2.29. The molecule has 0 aromatic heterocycles. The third-order valence-electron chi connectivity index (χ3n) is 4.35. The van der Waals surface area contributed by atoms with Crippen LogP contribution < -0.4 is 5.73 Å². The molecule has 0 spiro atoms. The molecular formula is C13H28N2. The highest BCUT2D eigenvalue weighted by Crippen LogP contribution is 2.26. The number of likely N-dealkylation sites (tertiary alicyclic amines) is 1. The summed E-state index contributed by atoms with van der Waals surface area (Å²) in [4.78, 5) is 2.68. The molecule has 0 aliphatic carbocycles. The van der Waals surface area contributed by atoms with Gasteiger partial charge in [-0.3, -0.25) is 4.90 Å². The molecule has 0 amide bonds. The molecule has 2 heteroatoms. The second-order valence-corrected chi connectivity index (χ2v) is 5.35. The molecule has 0 aromatic rings. The fourth-order valence-corrected chi connectivity index (χ4v) is 2.64. The largest absolute Gasteiger partial charge is 0.330 e. The Bertz CT molecular complexity index is 179. The van der Waals surface area contributed by atoms with Crippen molar-refractivity contribution in [1.29, 1.82) is 0 Å². The Balaban J connectivity index is 2.56. The van der Waals surface area contributed by atoms with Crippen LogP contribution in [0.25, 0.3) is 0 Å². The highest BCUT2D eigenvalue weighted by molar-refractivity contribution is 4.84. The summed E-state index contributed by atoms with van der Waals surface area (Å²) in [5, 5.41) is 0. The first-order chi connectivity index (χ1) is 7.10. The molecule has 90 valence electrons. The molecular weight excluding hydrogens is 184 g/mol. The summed E-state index contributed by atoms with van der Waals surface area (Å²) >= 11 is 0. The Labute approximate surface area is 95.2 Å². The molecule has 0 aromatic carbocycles. The van der Waals surface area contributed by atoms with Crippen molar-refractivity contribution >= 4 is 0 Å². The molecule has 2 N–H and O–H groups in total. The molecule has 0 bridgehead atoms. The van der Waals surface area contributed by atoms with E-state index in [1.165, 1.54) is 25.8 Å². The fourth-order valence-electron chi connectivity index (χ4n) is 2.64. The summed E-state index contributed by atoms with van der Waals surface area (Å²) < 4.78 is 0. The lowest BCUT2D eigenvalue weighted by atomic mass is 9.89. The standard InChI is InChI=1S/C13H28N2/c1-5-10(2)12(4)15-9-13(8-14)7-6-11(15)3/h10-13H,5-9,14H2,1-4H3. The Kier molecular flexibility index (Phi) is 5.07. The number of nitrogens with zero attached hydrogens (tertiary/aromatic N) is 1.